The van der Waals surface area contributed by atoms with Crippen molar-refractivity contribution in [3.8, 4) is 6.26 Å². The molecule has 0 unspecified atom stereocenters. The number of hydrogen-bond acceptors (Lipinski definition) is 2. The van der Waals surface area contributed by atoms with Gasteiger partial charge in [-0.2, -0.15) is 5.26 Å². The Labute approximate surface area is 71.0 Å². The molecule has 0 spiro atoms. The van der Waals surface area contributed by atoms with E-state index >= 15 is 0 Å². The van der Waals surface area contributed by atoms with Gasteiger partial charge in [0.25, 0.3) is 6.26 Å². The first kappa shape index (κ1) is 9.80. The van der Waals surface area contributed by atoms with Gasteiger partial charge in [0.05, 0.1) is 0 Å². The third-order valence-corrected chi connectivity index (χ3v) is 1.05. The molecule has 0 radical (unpaired) electrons. The lowest BCUT2D eigenvalue weighted by Gasteiger charge is -1.86. The van der Waals surface area contributed by atoms with Crippen molar-refractivity contribution in [2.75, 3.05) is 6.61 Å². The van der Waals surface area contributed by atoms with Crippen LogP contribution in [-0.4, -0.2) is 6.61 Å². The number of nitrogens with zero attached hydrogens (tertiary/aromatic N) is 1. The molecule has 0 aliphatic heterocycles. The summed E-state index contributed by atoms with van der Waals surface area (Å²) in [4.78, 5) is 0. The molecule has 0 aliphatic rings. The van der Waals surface area contributed by atoms with E-state index in [0.717, 1.165) is 0 Å². The minimum Gasteiger partial charge on any atom is -0.423 e. The number of allylic oxidation sites excluding steroid dienone is 4. The maximum Gasteiger partial charge on any atom is 0.286 e. The van der Waals surface area contributed by atoms with Crippen molar-refractivity contribution in [1.82, 2.24) is 0 Å². The van der Waals surface area contributed by atoms with Crippen LogP contribution in [-0.2, 0) is 4.74 Å². The lowest BCUT2D eigenvalue weighted by Crippen LogP contribution is -1.79. The molecule has 0 aromatic heterocycles. The summed E-state index contributed by atoms with van der Waals surface area (Å²) in [5, 5.41) is 8.52. The number of rotatable bonds is 4. The van der Waals surface area contributed by atoms with Crippen molar-refractivity contribution in [3.63, 3.8) is 0 Å². The zero-order valence-corrected chi connectivity index (χ0v) is 6.71. The summed E-state index contributed by atoms with van der Waals surface area (Å²) in [7, 11) is 0. The molecule has 0 amide bonds. The predicted octanol–water partition coefficient (Wildman–Crippen LogP) is 2.35. The van der Waals surface area contributed by atoms with E-state index in [0.29, 0.717) is 5.03 Å². The van der Waals surface area contributed by atoms with E-state index in [1.54, 1.807) is 24.3 Å². The number of halogens is 1. The predicted molar refractivity (Wildman–Crippen MR) is 44.8 cm³/mol. The molecule has 0 saturated carbocycles. The Bertz CT molecular complexity index is 213. The Morgan fingerprint density at radius 1 is 1.73 bits per heavy atom. The van der Waals surface area contributed by atoms with E-state index < -0.39 is 0 Å². The SMILES string of the molecule is C=C/C=C(Cl)\C=C/COC#N. The first-order chi connectivity index (χ1) is 5.31. The van der Waals surface area contributed by atoms with Crippen molar-refractivity contribution in [3.05, 3.63) is 35.9 Å². The van der Waals surface area contributed by atoms with Gasteiger partial charge in [0.2, 0.25) is 0 Å². The molecule has 0 N–H and O–H groups in total. The van der Waals surface area contributed by atoms with Crippen molar-refractivity contribution < 1.29 is 4.74 Å². The van der Waals surface area contributed by atoms with Crippen LogP contribution in [0.15, 0.2) is 35.9 Å². The monoisotopic (exact) mass is 169 g/mol. The summed E-state index contributed by atoms with van der Waals surface area (Å²) in [6.45, 7) is 3.71. The molecule has 0 atom stereocenters. The van der Waals surface area contributed by atoms with Crippen molar-refractivity contribution in [1.29, 1.82) is 5.26 Å². The second-order valence-corrected chi connectivity index (χ2v) is 2.03. The van der Waals surface area contributed by atoms with E-state index in [1.807, 2.05) is 0 Å². The van der Waals surface area contributed by atoms with E-state index in [2.05, 4.69) is 11.3 Å². The molecule has 0 rings (SSSR count). The van der Waals surface area contributed by atoms with Crippen molar-refractivity contribution in [2.45, 2.75) is 0 Å². The highest BCUT2D eigenvalue weighted by Gasteiger charge is 1.80. The molecular weight excluding hydrogens is 162 g/mol. The highest BCUT2D eigenvalue weighted by atomic mass is 35.5. The first-order valence-electron chi connectivity index (χ1n) is 2.97. The van der Waals surface area contributed by atoms with Crippen LogP contribution < -0.4 is 0 Å². The summed E-state index contributed by atoms with van der Waals surface area (Å²) in [6.07, 6.45) is 8.05. The minimum atomic E-state index is 0.248. The van der Waals surface area contributed by atoms with Gasteiger partial charge >= 0.3 is 0 Å². The number of hydrogen-bond donors (Lipinski definition) is 0. The zero-order valence-electron chi connectivity index (χ0n) is 5.96. The van der Waals surface area contributed by atoms with Gasteiger partial charge < -0.3 is 4.74 Å². The molecule has 0 heterocycles. The Morgan fingerprint density at radius 2 is 2.45 bits per heavy atom. The summed E-state index contributed by atoms with van der Waals surface area (Å²) < 4.78 is 4.37. The lowest BCUT2D eigenvalue weighted by atomic mass is 10.4. The number of ether oxygens (including phenoxy) is 1. The van der Waals surface area contributed by atoms with Crippen LogP contribution in [0.25, 0.3) is 0 Å². The molecule has 3 heteroatoms. The average molecular weight is 170 g/mol. The molecule has 0 fully saturated rings. The van der Waals surface area contributed by atoms with Crippen LogP contribution >= 0.6 is 11.6 Å². The highest BCUT2D eigenvalue weighted by molar-refractivity contribution is 6.31. The fourth-order valence-electron chi connectivity index (χ4n) is 0.414. The van der Waals surface area contributed by atoms with Gasteiger partial charge in [-0.1, -0.05) is 24.3 Å². The van der Waals surface area contributed by atoms with Gasteiger partial charge in [-0.3, -0.25) is 0 Å². The first-order valence-corrected chi connectivity index (χ1v) is 3.34. The van der Waals surface area contributed by atoms with E-state index in [9.17, 15) is 0 Å². The van der Waals surface area contributed by atoms with Crippen LogP contribution in [0, 0.1) is 11.5 Å². The van der Waals surface area contributed by atoms with E-state index in [4.69, 9.17) is 16.9 Å². The Morgan fingerprint density at radius 3 is 3.00 bits per heavy atom. The normalized spacial score (nSPS) is 11.1. The third kappa shape index (κ3) is 6.69. The molecule has 0 saturated heterocycles. The van der Waals surface area contributed by atoms with Crippen LogP contribution in [0.3, 0.4) is 0 Å². The van der Waals surface area contributed by atoms with Crippen molar-refractivity contribution in [2.24, 2.45) is 0 Å². The van der Waals surface area contributed by atoms with Crippen molar-refractivity contribution >= 4 is 11.6 Å². The van der Waals surface area contributed by atoms with Gasteiger partial charge in [-0.05, 0) is 18.2 Å². The van der Waals surface area contributed by atoms with Gasteiger partial charge in [0.1, 0.15) is 6.61 Å². The zero-order chi connectivity index (χ0) is 8.53. The van der Waals surface area contributed by atoms with E-state index in [1.165, 1.54) is 6.26 Å². The maximum absolute atomic E-state index is 7.96. The fraction of sp³-hybridized carbons (Fsp3) is 0.125. The summed E-state index contributed by atoms with van der Waals surface area (Å²) in [5.41, 5.74) is 0. The maximum atomic E-state index is 7.96. The Kier molecular flexibility index (Phi) is 6.16. The standard InChI is InChI=1S/C8H8ClNO/c1-2-4-8(9)5-3-6-11-7-10/h2-5H,1,6H2/b5-3-,8-4+. The third-order valence-electron chi connectivity index (χ3n) is 0.798. The molecule has 0 bridgehead atoms. The Hall–Kier alpha value is -1.20. The summed E-state index contributed by atoms with van der Waals surface area (Å²) in [6, 6.07) is 0. The van der Waals surface area contributed by atoms with Gasteiger partial charge in [-0.25, -0.2) is 0 Å². The fourth-order valence-corrected chi connectivity index (χ4v) is 0.592. The second-order valence-electron chi connectivity index (χ2n) is 1.59. The van der Waals surface area contributed by atoms with Gasteiger partial charge in [0, 0.05) is 5.03 Å². The summed E-state index contributed by atoms with van der Waals surface area (Å²) >= 11 is 5.62. The lowest BCUT2D eigenvalue weighted by molar-refractivity contribution is 0.312. The largest absolute Gasteiger partial charge is 0.423 e. The summed E-state index contributed by atoms with van der Waals surface area (Å²) in [5.74, 6) is 0. The highest BCUT2D eigenvalue weighted by Crippen LogP contribution is 2.02. The number of nitriles is 1. The van der Waals surface area contributed by atoms with Gasteiger partial charge in [-0.15, -0.1) is 0 Å². The minimum absolute atomic E-state index is 0.248. The molecule has 2 nitrogen and oxygen atoms in total. The quantitative estimate of drug-likeness (QED) is 0.368. The smallest absolute Gasteiger partial charge is 0.286 e. The van der Waals surface area contributed by atoms with Crippen LogP contribution in [0.1, 0.15) is 0 Å². The van der Waals surface area contributed by atoms with Crippen LogP contribution in [0.4, 0.5) is 0 Å². The molecule has 0 aromatic carbocycles. The molecular formula is C8H8ClNO. The molecule has 0 aromatic rings. The average Bonchev–Trinajstić information content (AvgIpc) is 1.99. The van der Waals surface area contributed by atoms with E-state index in [-0.39, 0.29) is 6.61 Å². The topological polar surface area (TPSA) is 33.0 Å². The van der Waals surface area contributed by atoms with Crippen LogP contribution in [0.2, 0.25) is 0 Å². The second kappa shape index (κ2) is 6.91. The molecule has 0 aliphatic carbocycles. The van der Waals surface area contributed by atoms with Gasteiger partial charge in [0.15, 0.2) is 0 Å². The van der Waals surface area contributed by atoms with Crippen LogP contribution in [0.5, 0.6) is 0 Å². The molecule has 58 valence electrons. The Balaban J connectivity index is 3.66. The molecule has 11 heavy (non-hydrogen) atoms.